The third-order valence-corrected chi connectivity index (χ3v) is 2.72. The molecule has 1 rings (SSSR count). The van der Waals surface area contributed by atoms with Crippen LogP contribution in [-0.4, -0.2) is 13.2 Å². The van der Waals surface area contributed by atoms with E-state index in [-0.39, 0.29) is 6.04 Å². The zero-order chi connectivity index (χ0) is 13.4. The summed E-state index contributed by atoms with van der Waals surface area (Å²) in [6.07, 6.45) is 7.46. The first-order valence-corrected chi connectivity index (χ1v) is 6.01. The van der Waals surface area contributed by atoms with Gasteiger partial charge in [0.05, 0.1) is 18.7 Å². The number of nitriles is 1. The summed E-state index contributed by atoms with van der Waals surface area (Å²) in [5.41, 5.74) is 1.60. The van der Waals surface area contributed by atoms with Gasteiger partial charge in [-0.2, -0.15) is 5.26 Å². The number of methoxy groups -OCH3 is 1. The molecular weight excluding hydrogens is 224 g/mol. The van der Waals surface area contributed by atoms with Crippen molar-refractivity contribution in [2.45, 2.75) is 32.4 Å². The summed E-state index contributed by atoms with van der Waals surface area (Å²) in [5, 5.41) is 12.2. The first-order chi connectivity index (χ1) is 8.74. The molecule has 0 bridgehead atoms. The predicted molar refractivity (Wildman–Crippen MR) is 72.1 cm³/mol. The van der Waals surface area contributed by atoms with E-state index in [0.29, 0.717) is 17.9 Å². The topological polar surface area (TPSA) is 45.0 Å². The molecule has 1 unspecified atom stereocenters. The Labute approximate surface area is 109 Å². The lowest BCUT2D eigenvalue weighted by Gasteiger charge is -2.12. The maximum Gasteiger partial charge on any atom is 0.136 e. The van der Waals surface area contributed by atoms with Crippen LogP contribution in [0.15, 0.2) is 18.2 Å². The third kappa shape index (κ3) is 3.80. The Bertz CT molecular complexity index is 468. The molecule has 1 aromatic rings. The van der Waals surface area contributed by atoms with Crippen molar-refractivity contribution in [1.82, 2.24) is 5.32 Å². The molecule has 0 heterocycles. The van der Waals surface area contributed by atoms with Gasteiger partial charge in [-0.15, -0.1) is 6.42 Å². The maximum atomic E-state index is 8.89. The van der Waals surface area contributed by atoms with E-state index in [2.05, 4.69) is 24.2 Å². The fourth-order valence-electron chi connectivity index (χ4n) is 1.71. The molecule has 1 atom stereocenters. The Balaban J connectivity index is 2.69. The smallest absolute Gasteiger partial charge is 0.136 e. The van der Waals surface area contributed by atoms with E-state index in [4.69, 9.17) is 16.4 Å². The van der Waals surface area contributed by atoms with E-state index in [1.54, 1.807) is 13.2 Å². The van der Waals surface area contributed by atoms with Crippen LogP contribution in [0.3, 0.4) is 0 Å². The highest BCUT2D eigenvalue weighted by Crippen LogP contribution is 2.19. The Morgan fingerprint density at radius 3 is 2.83 bits per heavy atom. The highest BCUT2D eigenvalue weighted by atomic mass is 16.5. The second-order valence-corrected chi connectivity index (χ2v) is 4.04. The largest absolute Gasteiger partial charge is 0.495 e. The van der Waals surface area contributed by atoms with Crippen LogP contribution in [0, 0.1) is 23.7 Å². The van der Waals surface area contributed by atoms with E-state index in [1.165, 1.54) is 0 Å². The lowest BCUT2D eigenvalue weighted by atomic mass is 10.1. The summed E-state index contributed by atoms with van der Waals surface area (Å²) in [5.74, 6) is 3.33. The second kappa shape index (κ2) is 7.37. The quantitative estimate of drug-likeness (QED) is 0.779. The number of benzene rings is 1. The SMILES string of the molecule is C#CC(CCC)NCc1ccc(C#N)c(OC)c1. The van der Waals surface area contributed by atoms with Crippen molar-refractivity contribution in [3.8, 4) is 24.2 Å². The van der Waals surface area contributed by atoms with Gasteiger partial charge in [0.15, 0.2) is 0 Å². The summed E-state index contributed by atoms with van der Waals surface area (Å²) >= 11 is 0. The number of nitrogens with zero attached hydrogens (tertiary/aromatic N) is 1. The highest BCUT2D eigenvalue weighted by molar-refractivity contribution is 5.45. The Kier molecular flexibility index (Phi) is 5.77. The number of hydrogen-bond acceptors (Lipinski definition) is 3. The Morgan fingerprint density at radius 1 is 1.50 bits per heavy atom. The van der Waals surface area contributed by atoms with E-state index in [1.807, 2.05) is 12.1 Å². The standard InChI is InChI=1S/C15H18N2O/c1-4-6-14(5-2)17-11-12-7-8-13(10-16)15(9-12)18-3/h2,7-9,14,17H,4,6,11H2,1,3H3. The summed E-state index contributed by atoms with van der Waals surface area (Å²) in [6.45, 7) is 2.79. The monoisotopic (exact) mass is 242 g/mol. The van der Waals surface area contributed by atoms with Crippen LogP contribution in [0.5, 0.6) is 5.75 Å². The molecular formula is C15H18N2O. The van der Waals surface area contributed by atoms with Crippen LogP contribution in [-0.2, 0) is 6.54 Å². The third-order valence-electron chi connectivity index (χ3n) is 2.72. The van der Waals surface area contributed by atoms with Crippen LogP contribution in [0.4, 0.5) is 0 Å². The molecule has 0 amide bonds. The molecule has 0 spiro atoms. The molecule has 94 valence electrons. The fraction of sp³-hybridized carbons (Fsp3) is 0.400. The molecule has 1 N–H and O–H groups in total. The average molecular weight is 242 g/mol. The number of ether oxygens (including phenoxy) is 1. The van der Waals surface area contributed by atoms with Crippen LogP contribution >= 0.6 is 0 Å². The molecule has 18 heavy (non-hydrogen) atoms. The van der Waals surface area contributed by atoms with Crippen molar-refractivity contribution in [2.75, 3.05) is 7.11 Å². The molecule has 0 aromatic heterocycles. The Morgan fingerprint density at radius 2 is 2.28 bits per heavy atom. The van der Waals surface area contributed by atoms with Gasteiger partial charge in [-0.25, -0.2) is 0 Å². The first kappa shape index (κ1) is 14.1. The lowest BCUT2D eigenvalue weighted by Crippen LogP contribution is -2.26. The van der Waals surface area contributed by atoms with Crippen molar-refractivity contribution < 1.29 is 4.74 Å². The molecule has 3 nitrogen and oxygen atoms in total. The first-order valence-electron chi connectivity index (χ1n) is 6.01. The van der Waals surface area contributed by atoms with Crippen molar-refractivity contribution in [1.29, 1.82) is 5.26 Å². The summed E-state index contributed by atoms with van der Waals surface area (Å²) in [6, 6.07) is 7.73. The van der Waals surface area contributed by atoms with Crippen LogP contribution in [0.1, 0.15) is 30.9 Å². The summed E-state index contributed by atoms with van der Waals surface area (Å²) in [4.78, 5) is 0. The molecule has 0 radical (unpaired) electrons. The minimum atomic E-state index is 0.0941. The van der Waals surface area contributed by atoms with Crippen LogP contribution in [0.25, 0.3) is 0 Å². The Hall–Kier alpha value is -1.97. The van der Waals surface area contributed by atoms with E-state index in [0.717, 1.165) is 18.4 Å². The zero-order valence-electron chi connectivity index (χ0n) is 10.9. The molecule has 0 aliphatic carbocycles. The number of rotatable bonds is 6. The predicted octanol–water partition coefficient (Wildman–Crippen LogP) is 2.46. The molecule has 1 aromatic carbocycles. The molecule has 0 aliphatic rings. The van der Waals surface area contributed by atoms with Gasteiger partial charge in [0.2, 0.25) is 0 Å². The minimum Gasteiger partial charge on any atom is -0.495 e. The van der Waals surface area contributed by atoms with Crippen molar-refractivity contribution >= 4 is 0 Å². The zero-order valence-corrected chi connectivity index (χ0v) is 10.9. The average Bonchev–Trinajstić information content (AvgIpc) is 2.42. The minimum absolute atomic E-state index is 0.0941. The van der Waals surface area contributed by atoms with Gasteiger partial charge in [-0.3, -0.25) is 5.32 Å². The van der Waals surface area contributed by atoms with Gasteiger partial charge < -0.3 is 4.74 Å². The fourth-order valence-corrected chi connectivity index (χ4v) is 1.71. The van der Waals surface area contributed by atoms with Gasteiger partial charge in [0.1, 0.15) is 11.8 Å². The van der Waals surface area contributed by atoms with Gasteiger partial charge in [0.25, 0.3) is 0 Å². The lowest BCUT2D eigenvalue weighted by molar-refractivity contribution is 0.412. The van der Waals surface area contributed by atoms with Crippen molar-refractivity contribution in [3.05, 3.63) is 29.3 Å². The number of nitrogens with one attached hydrogen (secondary N) is 1. The molecule has 3 heteroatoms. The molecule has 0 fully saturated rings. The van der Waals surface area contributed by atoms with Crippen LogP contribution in [0.2, 0.25) is 0 Å². The van der Waals surface area contributed by atoms with Gasteiger partial charge in [0, 0.05) is 6.54 Å². The molecule has 0 aliphatic heterocycles. The molecule has 0 saturated heterocycles. The van der Waals surface area contributed by atoms with Gasteiger partial charge in [-0.1, -0.05) is 25.3 Å². The van der Waals surface area contributed by atoms with Crippen molar-refractivity contribution in [3.63, 3.8) is 0 Å². The highest BCUT2D eigenvalue weighted by Gasteiger charge is 2.06. The molecule has 0 saturated carbocycles. The van der Waals surface area contributed by atoms with Gasteiger partial charge >= 0.3 is 0 Å². The van der Waals surface area contributed by atoms with E-state index in [9.17, 15) is 0 Å². The summed E-state index contributed by atoms with van der Waals surface area (Å²) in [7, 11) is 1.56. The number of hydrogen-bond donors (Lipinski definition) is 1. The van der Waals surface area contributed by atoms with Crippen molar-refractivity contribution in [2.24, 2.45) is 0 Å². The number of terminal acetylenes is 1. The summed E-state index contributed by atoms with van der Waals surface area (Å²) < 4.78 is 5.17. The van der Waals surface area contributed by atoms with E-state index >= 15 is 0 Å². The van der Waals surface area contributed by atoms with Crippen LogP contribution < -0.4 is 10.1 Å². The normalized spacial score (nSPS) is 11.3. The maximum absolute atomic E-state index is 8.89. The van der Waals surface area contributed by atoms with Gasteiger partial charge in [-0.05, 0) is 24.1 Å². The van der Waals surface area contributed by atoms with E-state index < -0.39 is 0 Å². The second-order valence-electron chi connectivity index (χ2n) is 4.04.